The molecular formula is C10H18BNS. The van der Waals surface area contributed by atoms with Crippen molar-refractivity contribution in [3.8, 4) is 0 Å². The van der Waals surface area contributed by atoms with Crippen molar-refractivity contribution in [3.05, 3.63) is 12.1 Å². The summed E-state index contributed by atoms with van der Waals surface area (Å²) in [5.41, 5.74) is 2.01. The van der Waals surface area contributed by atoms with Crippen molar-refractivity contribution >= 4 is 25.3 Å². The van der Waals surface area contributed by atoms with Crippen LogP contribution in [0.4, 0.5) is 0 Å². The van der Waals surface area contributed by atoms with Crippen LogP contribution >= 0.6 is 11.8 Å². The molecule has 0 aliphatic carbocycles. The van der Waals surface area contributed by atoms with Gasteiger partial charge in [0.05, 0.1) is 0 Å². The van der Waals surface area contributed by atoms with E-state index in [2.05, 4.69) is 25.4 Å². The molecule has 0 fully saturated rings. The fraction of sp³-hybridized carbons (Fsp3) is 0.700. The first kappa shape index (κ1) is 12.8. The maximum Gasteiger partial charge on any atom is 0.108 e. The van der Waals surface area contributed by atoms with E-state index in [-0.39, 0.29) is 0 Å². The molecule has 0 aromatic carbocycles. The molecule has 0 saturated carbocycles. The number of rotatable bonds is 6. The third-order valence-electron chi connectivity index (χ3n) is 1.52. The summed E-state index contributed by atoms with van der Waals surface area (Å²) >= 11 is 1.78. The van der Waals surface area contributed by atoms with Gasteiger partial charge in [-0.1, -0.05) is 13.8 Å². The number of hydrogen-bond acceptors (Lipinski definition) is 2. The van der Waals surface area contributed by atoms with Gasteiger partial charge in [-0.25, -0.2) is 0 Å². The molecular weight excluding hydrogens is 177 g/mol. The minimum absolute atomic E-state index is 0.681. The van der Waals surface area contributed by atoms with Crippen LogP contribution in [0.25, 0.3) is 0 Å². The standard InChI is InChI=1S/C10H18BNS/c1-8(2)5-10(12-4)7-13-6-9(3)11/h8H,3,5-7H2,1-2,4H3. The van der Waals surface area contributed by atoms with Gasteiger partial charge >= 0.3 is 0 Å². The average molecular weight is 195 g/mol. The summed E-state index contributed by atoms with van der Waals surface area (Å²) in [6.07, 6.45) is 1.08. The predicted molar refractivity (Wildman–Crippen MR) is 65.0 cm³/mol. The molecule has 1 nitrogen and oxygen atoms in total. The second-order valence-corrected chi connectivity index (χ2v) is 4.52. The fourth-order valence-electron chi connectivity index (χ4n) is 0.986. The van der Waals surface area contributed by atoms with E-state index in [4.69, 9.17) is 7.85 Å². The topological polar surface area (TPSA) is 12.4 Å². The summed E-state index contributed by atoms with van der Waals surface area (Å²) in [7, 11) is 7.32. The first-order chi connectivity index (χ1) is 6.06. The zero-order valence-corrected chi connectivity index (χ0v) is 9.66. The Bertz CT molecular complexity index is 187. The molecule has 13 heavy (non-hydrogen) atoms. The van der Waals surface area contributed by atoms with E-state index in [1.165, 1.54) is 5.71 Å². The highest BCUT2D eigenvalue weighted by Gasteiger charge is 2.02. The lowest BCUT2D eigenvalue weighted by Gasteiger charge is -2.08. The largest absolute Gasteiger partial charge is 0.297 e. The summed E-state index contributed by atoms with van der Waals surface area (Å²) in [5, 5.41) is 0. The minimum atomic E-state index is 0.681. The second-order valence-electron chi connectivity index (χ2n) is 3.54. The predicted octanol–water partition coefficient (Wildman–Crippen LogP) is 2.52. The van der Waals surface area contributed by atoms with Gasteiger partial charge in [-0.05, 0) is 12.3 Å². The van der Waals surface area contributed by atoms with E-state index < -0.39 is 0 Å². The van der Waals surface area contributed by atoms with Gasteiger partial charge < -0.3 is 0 Å². The maximum absolute atomic E-state index is 5.47. The molecule has 0 N–H and O–H groups in total. The summed E-state index contributed by atoms with van der Waals surface area (Å²) in [6, 6.07) is 0. The third kappa shape index (κ3) is 8.16. The van der Waals surface area contributed by atoms with Crippen LogP contribution < -0.4 is 0 Å². The van der Waals surface area contributed by atoms with E-state index in [0.29, 0.717) is 5.92 Å². The van der Waals surface area contributed by atoms with Crippen molar-refractivity contribution in [1.82, 2.24) is 0 Å². The molecule has 3 heteroatoms. The summed E-state index contributed by atoms with van der Waals surface area (Å²) < 4.78 is 0. The van der Waals surface area contributed by atoms with Crippen molar-refractivity contribution in [3.63, 3.8) is 0 Å². The van der Waals surface area contributed by atoms with E-state index >= 15 is 0 Å². The van der Waals surface area contributed by atoms with Crippen molar-refractivity contribution in [2.75, 3.05) is 18.6 Å². The molecule has 0 aliphatic heterocycles. The molecule has 0 aromatic heterocycles. The normalized spacial score (nSPS) is 12.2. The van der Waals surface area contributed by atoms with Gasteiger partial charge in [-0.3, -0.25) is 4.99 Å². The number of nitrogens with zero attached hydrogens (tertiary/aromatic N) is 1. The Hall–Kier alpha value is -0.175. The zero-order chi connectivity index (χ0) is 10.3. The molecule has 0 unspecified atom stereocenters. The molecule has 0 spiro atoms. The number of thioether (sulfide) groups is 1. The van der Waals surface area contributed by atoms with Gasteiger partial charge in [0.25, 0.3) is 0 Å². The first-order valence-electron chi connectivity index (χ1n) is 4.51. The molecule has 0 atom stereocenters. The van der Waals surface area contributed by atoms with Crippen molar-refractivity contribution < 1.29 is 0 Å². The van der Waals surface area contributed by atoms with E-state index in [0.717, 1.165) is 23.4 Å². The van der Waals surface area contributed by atoms with Crippen molar-refractivity contribution in [1.29, 1.82) is 0 Å². The SMILES string of the molecule is [B]C(=C)CSCC(CC(C)C)=NC. The van der Waals surface area contributed by atoms with Gasteiger partial charge in [0.1, 0.15) is 7.85 Å². The molecule has 2 radical (unpaired) electrons. The molecule has 0 heterocycles. The molecule has 72 valence electrons. The van der Waals surface area contributed by atoms with E-state index in [9.17, 15) is 0 Å². The summed E-state index contributed by atoms with van der Waals surface area (Å²) in [4.78, 5) is 4.25. The van der Waals surface area contributed by atoms with Gasteiger partial charge in [0, 0.05) is 24.3 Å². The van der Waals surface area contributed by atoms with Crippen LogP contribution in [0.15, 0.2) is 17.0 Å². The van der Waals surface area contributed by atoms with E-state index in [1.54, 1.807) is 11.8 Å². The van der Waals surface area contributed by atoms with Crippen LogP contribution in [0.1, 0.15) is 20.3 Å². The van der Waals surface area contributed by atoms with E-state index in [1.807, 2.05) is 7.05 Å². The Morgan fingerprint density at radius 1 is 1.46 bits per heavy atom. The van der Waals surface area contributed by atoms with Gasteiger partial charge in [-0.15, -0.1) is 12.1 Å². The van der Waals surface area contributed by atoms with Crippen LogP contribution in [0, 0.1) is 5.92 Å². The highest BCUT2D eigenvalue weighted by molar-refractivity contribution is 8.00. The first-order valence-corrected chi connectivity index (χ1v) is 5.67. The third-order valence-corrected chi connectivity index (χ3v) is 2.63. The molecule has 0 rings (SSSR count). The van der Waals surface area contributed by atoms with Crippen molar-refractivity contribution in [2.45, 2.75) is 20.3 Å². The zero-order valence-electron chi connectivity index (χ0n) is 8.84. The van der Waals surface area contributed by atoms with Gasteiger partial charge in [0.15, 0.2) is 0 Å². The fourth-order valence-corrected chi connectivity index (χ4v) is 1.83. The Kier molecular flexibility index (Phi) is 7.15. The summed E-state index contributed by atoms with van der Waals surface area (Å²) in [5.74, 6) is 2.49. The van der Waals surface area contributed by atoms with Gasteiger partial charge in [-0.2, -0.15) is 11.8 Å². The maximum atomic E-state index is 5.47. The van der Waals surface area contributed by atoms with Gasteiger partial charge in [0.2, 0.25) is 0 Å². The quantitative estimate of drug-likeness (QED) is 0.468. The Morgan fingerprint density at radius 3 is 2.46 bits per heavy atom. The smallest absolute Gasteiger partial charge is 0.108 e. The molecule has 0 bridgehead atoms. The van der Waals surface area contributed by atoms with Crippen LogP contribution in [-0.4, -0.2) is 32.1 Å². The Morgan fingerprint density at radius 2 is 2.08 bits per heavy atom. The Labute approximate surface area is 87.5 Å². The number of hydrogen-bond donors (Lipinski definition) is 0. The van der Waals surface area contributed by atoms with Crippen LogP contribution in [-0.2, 0) is 0 Å². The summed E-state index contributed by atoms with van der Waals surface area (Å²) in [6.45, 7) is 8.07. The monoisotopic (exact) mass is 195 g/mol. The Balaban J connectivity index is 3.68. The highest BCUT2D eigenvalue weighted by atomic mass is 32.2. The van der Waals surface area contributed by atoms with Crippen LogP contribution in [0.5, 0.6) is 0 Å². The lowest BCUT2D eigenvalue weighted by atomic mass is 10.0. The van der Waals surface area contributed by atoms with Crippen LogP contribution in [0.2, 0.25) is 0 Å². The van der Waals surface area contributed by atoms with Crippen LogP contribution in [0.3, 0.4) is 0 Å². The highest BCUT2D eigenvalue weighted by Crippen LogP contribution is 2.09. The molecule has 0 aliphatic rings. The lowest BCUT2D eigenvalue weighted by molar-refractivity contribution is 0.682. The number of aliphatic imine (C=N–C) groups is 1. The van der Waals surface area contributed by atoms with Crippen molar-refractivity contribution in [2.24, 2.45) is 10.9 Å². The molecule has 0 amide bonds. The molecule has 0 saturated heterocycles. The molecule has 0 aromatic rings. The average Bonchev–Trinajstić information content (AvgIpc) is 2.01. The lowest BCUT2D eigenvalue weighted by Crippen LogP contribution is -2.07. The second kappa shape index (κ2) is 7.25. The minimum Gasteiger partial charge on any atom is -0.297 e.